The van der Waals surface area contributed by atoms with Gasteiger partial charge in [-0.25, -0.2) is 0 Å². The maximum absolute atomic E-state index is 12.2. The number of hydrogen-bond acceptors (Lipinski definition) is 4. The number of nitrogens with zero attached hydrogens (tertiary/aromatic N) is 3. The van der Waals surface area contributed by atoms with E-state index in [1.54, 1.807) is 10.9 Å². The molecule has 106 valence electrons. The predicted molar refractivity (Wildman–Crippen MR) is 72.6 cm³/mol. The maximum Gasteiger partial charge on any atom is 0.273 e. The molecule has 1 amide bonds. The zero-order chi connectivity index (χ0) is 13.9. The van der Waals surface area contributed by atoms with Crippen LogP contribution < -0.4 is 11.1 Å². The molecular weight excluding hydrogens is 242 g/mol. The fourth-order valence-electron chi connectivity index (χ4n) is 2.64. The molecule has 1 heterocycles. The first-order chi connectivity index (χ1) is 9.03. The number of aromatic nitrogens is 3. The van der Waals surface area contributed by atoms with Crippen LogP contribution in [0.4, 0.5) is 0 Å². The summed E-state index contributed by atoms with van der Waals surface area (Å²) in [4.78, 5) is 12.2. The van der Waals surface area contributed by atoms with Crippen molar-refractivity contribution in [2.45, 2.75) is 52.1 Å². The Morgan fingerprint density at radius 3 is 3.05 bits per heavy atom. The molecule has 1 aliphatic rings. The van der Waals surface area contributed by atoms with Crippen LogP contribution in [-0.2, 0) is 6.54 Å². The Bertz CT molecular complexity index is 440. The SMILES string of the molecule is CC1(C)CCCCC1NC(=O)c1cn(CCN)nn1. The molecule has 0 bridgehead atoms. The molecule has 1 fully saturated rings. The minimum Gasteiger partial charge on any atom is -0.347 e. The summed E-state index contributed by atoms with van der Waals surface area (Å²) >= 11 is 0. The summed E-state index contributed by atoms with van der Waals surface area (Å²) in [6.45, 7) is 5.49. The summed E-state index contributed by atoms with van der Waals surface area (Å²) < 4.78 is 1.60. The van der Waals surface area contributed by atoms with Crippen molar-refractivity contribution in [3.05, 3.63) is 11.9 Å². The third-order valence-corrected chi connectivity index (χ3v) is 3.94. The van der Waals surface area contributed by atoms with Crippen LogP contribution >= 0.6 is 0 Å². The highest BCUT2D eigenvalue weighted by Gasteiger charge is 2.33. The van der Waals surface area contributed by atoms with Crippen LogP contribution in [0.1, 0.15) is 50.0 Å². The molecule has 0 aromatic carbocycles. The Morgan fingerprint density at radius 1 is 1.58 bits per heavy atom. The van der Waals surface area contributed by atoms with Gasteiger partial charge in [-0.05, 0) is 18.3 Å². The van der Waals surface area contributed by atoms with Crippen molar-refractivity contribution in [2.75, 3.05) is 6.54 Å². The average Bonchev–Trinajstić information content (AvgIpc) is 2.81. The van der Waals surface area contributed by atoms with Crippen molar-refractivity contribution in [1.82, 2.24) is 20.3 Å². The first-order valence-corrected chi connectivity index (χ1v) is 6.94. The fraction of sp³-hybridized carbons (Fsp3) is 0.769. The van der Waals surface area contributed by atoms with Crippen molar-refractivity contribution >= 4 is 5.91 Å². The summed E-state index contributed by atoms with van der Waals surface area (Å²) in [5.74, 6) is -0.136. The molecule has 0 spiro atoms. The second-order valence-electron chi connectivity index (χ2n) is 5.92. The van der Waals surface area contributed by atoms with Crippen LogP contribution in [0.5, 0.6) is 0 Å². The highest BCUT2D eigenvalue weighted by atomic mass is 16.2. The summed E-state index contributed by atoms with van der Waals surface area (Å²) in [5, 5.41) is 10.9. The van der Waals surface area contributed by atoms with Crippen molar-refractivity contribution in [1.29, 1.82) is 0 Å². The standard InChI is InChI=1S/C13H23N5O/c1-13(2)6-4-3-5-11(13)15-12(19)10-9-18(8-7-14)17-16-10/h9,11H,3-8,14H2,1-2H3,(H,15,19). The molecule has 1 aromatic heterocycles. The smallest absolute Gasteiger partial charge is 0.273 e. The molecule has 1 aromatic rings. The Morgan fingerprint density at radius 2 is 2.37 bits per heavy atom. The van der Waals surface area contributed by atoms with E-state index in [1.165, 1.54) is 12.8 Å². The van der Waals surface area contributed by atoms with Gasteiger partial charge in [0.2, 0.25) is 0 Å². The monoisotopic (exact) mass is 265 g/mol. The molecule has 1 saturated carbocycles. The molecule has 3 N–H and O–H groups in total. The molecule has 2 rings (SSSR count). The number of hydrogen-bond donors (Lipinski definition) is 2. The van der Waals surface area contributed by atoms with Gasteiger partial charge in [-0.3, -0.25) is 9.48 Å². The van der Waals surface area contributed by atoms with Gasteiger partial charge < -0.3 is 11.1 Å². The average molecular weight is 265 g/mol. The predicted octanol–water partition coefficient (Wildman–Crippen LogP) is 0.935. The second-order valence-corrected chi connectivity index (χ2v) is 5.92. The number of nitrogens with one attached hydrogen (secondary N) is 1. The molecule has 1 atom stereocenters. The molecule has 19 heavy (non-hydrogen) atoms. The third kappa shape index (κ3) is 3.32. The summed E-state index contributed by atoms with van der Waals surface area (Å²) in [6, 6.07) is 0.216. The van der Waals surface area contributed by atoms with Crippen LogP contribution in [-0.4, -0.2) is 33.5 Å². The first kappa shape index (κ1) is 14.0. The number of rotatable bonds is 4. The Balaban J connectivity index is 1.99. The summed E-state index contributed by atoms with van der Waals surface area (Å²) in [5.41, 5.74) is 5.97. The van der Waals surface area contributed by atoms with Gasteiger partial charge in [0.15, 0.2) is 5.69 Å². The molecule has 6 nitrogen and oxygen atoms in total. The van der Waals surface area contributed by atoms with Crippen LogP contribution in [0.2, 0.25) is 0 Å². The van der Waals surface area contributed by atoms with Crippen LogP contribution in [0.15, 0.2) is 6.20 Å². The van der Waals surface area contributed by atoms with Crippen LogP contribution in [0.3, 0.4) is 0 Å². The molecule has 1 aliphatic carbocycles. The van der Waals surface area contributed by atoms with Gasteiger partial charge in [-0.15, -0.1) is 5.10 Å². The lowest BCUT2D eigenvalue weighted by molar-refractivity contribution is 0.0848. The van der Waals surface area contributed by atoms with E-state index >= 15 is 0 Å². The lowest BCUT2D eigenvalue weighted by atomic mass is 9.73. The van der Waals surface area contributed by atoms with E-state index in [-0.39, 0.29) is 17.4 Å². The molecule has 0 radical (unpaired) electrons. The van der Waals surface area contributed by atoms with E-state index in [1.807, 2.05) is 0 Å². The van der Waals surface area contributed by atoms with Crippen molar-refractivity contribution in [3.8, 4) is 0 Å². The second kappa shape index (κ2) is 5.69. The van der Waals surface area contributed by atoms with E-state index in [9.17, 15) is 4.79 Å². The van der Waals surface area contributed by atoms with Gasteiger partial charge in [0.1, 0.15) is 0 Å². The van der Waals surface area contributed by atoms with E-state index in [4.69, 9.17) is 5.73 Å². The summed E-state index contributed by atoms with van der Waals surface area (Å²) in [7, 11) is 0. The minimum absolute atomic E-state index is 0.136. The van der Waals surface area contributed by atoms with E-state index in [2.05, 4.69) is 29.5 Å². The lowest BCUT2D eigenvalue weighted by Gasteiger charge is -2.38. The lowest BCUT2D eigenvalue weighted by Crippen LogP contribution is -2.46. The molecular formula is C13H23N5O. The van der Waals surface area contributed by atoms with Gasteiger partial charge in [-0.2, -0.15) is 0 Å². The summed E-state index contributed by atoms with van der Waals surface area (Å²) in [6.07, 6.45) is 6.26. The fourth-order valence-corrected chi connectivity index (χ4v) is 2.64. The van der Waals surface area contributed by atoms with Gasteiger partial charge in [-0.1, -0.05) is 31.9 Å². The van der Waals surface area contributed by atoms with Gasteiger partial charge in [0, 0.05) is 12.6 Å². The van der Waals surface area contributed by atoms with Crippen LogP contribution in [0.25, 0.3) is 0 Å². The number of amides is 1. The third-order valence-electron chi connectivity index (χ3n) is 3.94. The topological polar surface area (TPSA) is 85.8 Å². The Kier molecular flexibility index (Phi) is 4.19. The van der Waals surface area contributed by atoms with Gasteiger partial charge in [0.05, 0.1) is 12.7 Å². The minimum atomic E-state index is -0.136. The van der Waals surface area contributed by atoms with E-state index in [0.29, 0.717) is 18.8 Å². The van der Waals surface area contributed by atoms with Gasteiger partial charge >= 0.3 is 0 Å². The van der Waals surface area contributed by atoms with Crippen molar-refractivity contribution in [2.24, 2.45) is 11.1 Å². The zero-order valence-electron chi connectivity index (χ0n) is 11.7. The molecule has 0 saturated heterocycles. The Hall–Kier alpha value is -1.43. The number of nitrogens with two attached hydrogens (primary N) is 1. The first-order valence-electron chi connectivity index (χ1n) is 6.94. The van der Waals surface area contributed by atoms with Crippen LogP contribution in [0, 0.1) is 5.41 Å². The van der Waals surface area contributed by atoms with Gasteiger partial charge in [0.25, 0.3) is 5.91 Å². The maximum atomic E-state index is 12.2. The number of carbonyl (C=O) groups is 1. The highest BCUT2D eigenvalue weighted by molar-refractivity contribution is 5.92. The quantitative estimate of drug-likeness (QED) is 0.848. The molecule has 0 aliphatic heterocycles. The Labute approximate surface area is 113 Å². The highest BCUT2D eigenvalue weighted by Crippen LogP contribution is 2.35. The molecule has 1 unspecified atom stereocenters. The van der Waals surface area contributed by atoms with E-state index in [0.717, 1.165) is 12.8 Å². The molecule has 6 heteroatoms. The van der Waals surface area contributed by atoms with Crippen molar-refractivity contribution in [3.63, 3.8) is 0 Å². The van der Waals surface area contributed by atoms with E-state index < -0.39 is 0 Å². The largest absolute Gasteiger partial charge is 0.347 e. The van der Waals surface area contributed by atoms with Crippen molar-refractivity contribution < 1.29 is 4.79 Å². The zero-order valence-corrected chi connectivity index (χ0v) is 11.7. The normalized spacial score (nSPS) is 22.2. The number of carbonyl (C=O) groups excluding carboxylic acids is 1.